The minimum atomic E-state index is -0.287. The van der Waals surface area contributed by atoms with Gasteiger partial charge in [0.05, 0.1) is 6.10 Å². The van der Waals surface area contributed by atoms with E-state index < -0.39 is 0 Å². The molecular weight excluding hydrogens is 208 g/mol. The molecular formula is C16H33O. The van der Waals surface area contributed by atoms with Crippen LogP contribution in [0.15, 0.2) is 0 Å². The average molecular weight is 241 g/mol. The molecule has 0 spiro atoms. The third kappa shape index (κ3) is 9.64. The Labute approximate surface area is 109 Å². The van der Waals surface area contributed by atoms with Crippen molar-refractivity contribution in [1.82, 2.24) is 0 Å². The molecule has 103 valence electrons. The van der Waals surface area contributed by atoms with Gasteiger partial charge in [0.25, 0.3) is 0 Å². The molecule has 0 bridgehead atoms. The fourth-order valence-electron chi connectivity index (χ4n) is 2.46. The van der Waals surface area contributed by atoms with E-state index in [1.54, 1.807) is 0 Å². The highest BCUT2D eigenvalue weighted by atomic mass is 16.3. The topological polar surface area (TPSA) is 19.9 Å². The summed E-state index contributed by atoms with van der Waals surface area (Å²) in [6.07, 6.45) is 12.8. The molecule has 0 fully saturated rings. The van der Waals surface area contributed by atoms with Crippen LogP contribution < -0.4 is 0 Å². The van der Waals surface area contributed by atoms with Gasteiger partial charge in [-0.25, -0.2) is 5.11 Å². The lowest BCUT2D eigenvalue weighted by molar-refractivity contribution is 0.0193. The van der Waals surface area contributed by atoms with Crippen LogP contribution in [-0.2, 0) is 5.11 Å². The van der Waals surface area contributed by atoms with Gasteiger partial charge in [0.1, 0.15) is 0 Å². The van der Waals surface area contributed by atoms with Crippen LogP contribution in [0.25, 0.3) is 0 Å². The quantitative estimate of drug-likeness (QED) is 0.388. The molecule has 0 amide bonds. The monoisotopic (exact) mass is 241 g/mol. The van der Waals surface area contributed by atoms with Gasteiger partial charge in [-0.3, -0.25) is 0 Å². The van der Waals surface area contributed by atoms with Crippen molar-refractivity contribution in [3.63, 3.8) is 0 Å². The van der Waals surface area contributed by atoms with E-state index in [1.165, 1.54) is 57.8 Å². The Morgan fingerprint density at radius 2 is 1.18 bits per heavy atom. The molecule has 0 heterocycles. The molecule has 0 N–H and O–H groups in total. The first-order chi connectivity index (χ1) is 8.26. The van der Waals surface area contributed by atoms with Gasteiger partial charge in [-0.1, -0.05) is 72.1 Å². The van der Waals surface area contributed by atoms with E-state index >= 15 is 0 Å². The van der Waals surface area contributed by atoms with Crippen LogP contribution in [0, 0.1) is 5.92 Å². The first kappa shape index (κ1) is 17.0. The van der Waals surface area contributed by atoms with Crippen LogP contribution in [0.3, 0.4) is 0 Å². The van der Waals surface area contributed by atoms with Crippen LogP contribution >= 0.6 is 0 Å². The molecule has 17 heavy (non-hydrogen) atoms. The number of hydrogen-bond donors (Lipinski definition) is 0. The maximum absolute atomic E-state index is 12.2. The van der Waals surface area contributed by atoms with Crippen molar-refractivity contribution in [2.75, 3.05) is 0 Å². The molecule has 1 unspecified atom stereocenters. The molecule has 0 saturated carbocycles. The summed E-state index contributed by atoms with van der Waals surface area (Å²) in [7, 11) is 0. The summed E-state index contributed by atoms with van der Waals surface area (Å²) in [5, 5.41) is 12.2. The van der Waals surface area contributed by atoms with Crippen molar-refractivity contribution in [2.24, 2.45) is 5.92 Å². The van der Waals surface area contributed by atoms with Crippen LogP contribution in [0.5, 0.6) is 0 Å². The molecule has 0 aliphatic heterocycles. The third-order valence-electron chi connectivity index (χ3n) is 3.72. The summed E-state index contributed by atoms with van der Waals surface area (Å²) in [5.41, 5.74) is 0. The van der Waals surface area contributed by atoms with Crippen molar-refractivity contribution in [1.29, 1.82) is 0 Å². The largest absolute Gasteiger partial charge is 0.233 e. The van der Waals surface area contributed by atoms with Gasteiger partial charge >= 0.3 is 0 Å². The van der Waals surface area contributed by atoms with Gasteiger partial charge in [0, 0.05) is 0 Å². The maximum Gasteiger partial charge on any atom is 0.0958 e. The summed E-state index contributed by atoms with van der Waals surface area (Å²) in [6.45, 7) is 6.66. The van der Waals surface area contributed by atoms with Crippen molar-refractivity contribution in [3.8, 4) is 0 Å². The van der Waals surface area contributed by atoms with E-state index in [-0.39, 0.29) is 6.10 Å². The fourth-order valence-corrected chi connectivity index (χ4v) is 2.46. The molecule has 0 aliphatic carbocycles. The van der Waals surface area contributed by atoms with Crippen LogP contribution in [-0.4, -0.2) is 6.10 Å². The summed E-state index contributed by atoms with van der Waals surface area (Å²) >= 11 is 0. The summed E-state index contributed by atoms with van der Waals surface area (Å²) in [5.74, 6) is 0.455. The average Bonchev–Trinajstić information content (AvgIpc) is 2.34. The summed E-state index contributed by atoms with van der Waals surface area (Å²) in [6, 6.07) is 0. The van der Waals surface area contributed by atoms with Crippen LogP contribution in [0.1, 0.15) is 91.4 Å². The lowest BCUT2D eigenvalue weighted by Crippen LogP contribution is -2.19. The second-order valence-corrected chi connectivity index (χ2v) is 5.43. The zero-order valence-corrected chi connectivity index (χ0v) is 12.3. The third-order valence-corrected chi connectivity index (χ3v) is 3.72. The molecule has 0 aliphatic rings. The predicted molar refractivity (Wildman–Crippen MR) is 75.8 cm³/mol. The SMILES string of the molecule is CCCCCCC([O])C(CCCC)CCCC. The second-order valence-electron chi connectivity index (χ2n) is 5.43. The predicted octanol–water partition coefficient (Wildman–Crippen LogP) is 5.75. The summed E-state index contributed by atoms with van der Waals surface area (Å²) in [4.78, 5) is 0. The number of hydrogen-bond acceptors (Lipinski definition) is 0. The highest BCUT2D eigenvalue weighted by molar-refractivity contribution is 4.69. The van der Waals surface area contributed by atoms with E-state index in [1.807, 2.05) is 0 Å². The molecule has 0 aromatic carbocycles. The zero-order valence-electron chi connectivity index (χ0n) is 12.3. The Kier molecular flexibility index (Phi) is 12.4. The molecule has 0 saturated heterocycles. The van der Waals surface area contributed by atoms with Gasteiger partial charge in [-0.05, 0) is 25.2 Å². The highest BCUT2D eigenvalue weighted by Gasteiger charge is 2.19. The van der Waals surface area contributed by atoms with Crippen molar-refractivity contribution in [3.05, 3.63) is 0 Å². The minimum absolute atomic E-state index is 0.287. The Bertz CT molecular complexity index is 136. The van der Waals surface area contributed by atoms with Gasteiger partial charge in [-0.15, -0.1) is 0 Å². The van der Waals surface area contributed by atoms with E-state index in [0.29, 0.717) is 5.92 Å². The second kappa shape index (κ2) is 12.4. The number of unbranched alkanes of at least 4 members (excludes halogenated alkanes) is 5. The van der Waals surface area contributed by atoms with E-state index in [2.05, 4.69) is 20.8 Å². The van der Waals surface area contributed by atoms with Gasteiger partial charge in [0.15, 0.2) is 0 Å². The van der Waals surface area contributed by atoms with Gasteiger partial charge < -0.3 is 0 Å². The Morgan fingerprint density at radius 1 is 0.647 bits per heavy atom. The van der Waals surface area contributed by atoms with Crippen LogP contribution in [0.2, 0.25) is 0 Å². The smallest absolute Gasteiger partial charge is 0.0958 e. The molecule has 1 nitrogen and oxygen atoms in total. The normalized spacial score (nSPS) is 13.2. The molecule has 1 radical (unpaired) electrons. The van der Waals surface area contributed by atoms with Crippen LogP contribution in [0.4, 0.5) is 0 Å². The first-order valence-electron chi connectivity index (χ1n) is 7.92. The molecule has 0 aromatic heterocycles. The maximum atomic E-state index is 12.2. The van der Waals surface area contributed by atoms with Gasteiger partial charge in [0.2, 0.25) is 0 Å². The number of rotatable bonds is 12. The van der Waals surface area contributed by atoms with Crippen molar-refractivity contribution >= 4 is 0 Å². The lowest BCUT2D eigenvalue weighted by atomic mass is 9.88. The fraction of sp³-hybridized carbons (Fsp3) is 1.00. The minimum Gasteiger partial charge on any atom is -0.233 e. The van der Waals surface area contributed by atoms with E-state index in [9.17, 15) is 5.11 Å². The molecule has 0 rings (SSSR count). The Morgan fingerprint density at radius 3 is 1.65 bits per heavy atom. The zero-order chi connectivity index (χ0) is 12.9. The lowest BCUT2D eigenvalue weighted by Gasteiger charge is -2.21. The van der Waals surface area contributed by atoms with Gasteiger partial charge in [-0.2, -0.15) is 0 Å². The van der Waals surface area contributed by atoms with Crippen molar-refractivity contribution < 1.29 is 5.11 Å². The van der Waals surface area contributed by atoms with E-state index in [0.717, 1.165) is 12.8 Å². The standard InChI is InChI=1S/C16H33O/c1-4-7-10-11-14-16(17)15(12-8-5-2)13-9-6-3/h15-16H,4-14H2,1-3H3. The first-order valence-corrected chi connectivity index (χ1v) is 7.92. The molecule has 0 aromatic rings. The highest BCUT2D eigenvalue weighted by Crippen LogP contribution is 2.23. The molecule has 1 heteroatoms. The Hall–Kier alpha value is -0.0400. The van der Waals surface area contributed by atoms with E-state index in [4.69, 9.17) is 0 Å². The van der Waals surface area contributed by atoms with Crippen molar-refractivity contribution in [2.45, 2.75) is 97.5 Å². The summed E-state index contributed by atoms with van der Waals surface area (Å²) < 4.78 is 0. The Balaban J connectivity index is 3.80. The molecule has 1 atom stereocenters.